The van der Waals surface area contributed by atoms with E-state index < -0.39 is 4.92 Å². The Morgan fingerprint density at radius 2 is 2.03 bits per heavy atom. The lowest BCUT2D eigenvalue weighted by molar-refractivity contribution is -0.384. The molecule has 0 atom stereocenters. The molecule has 0 aliphatic heterocycles. The fourth-order valence-electron chi connectivity index (χ4n) is 2.57. The second-order valence-corrected chi connectivity index (χ2v) is 7.40. The van der Waals surface area contributed by atoms with Gasteiger partial charge < -0.3 is 14.2 Å². The molecule has 0 spiro atoms. The van der Waals surface area contributed by atoms with Gasteiger partial charge in [0.25, 0.3) is 5.69 Å². The van der Waals surface area contributed by atoms with Crippen LogP contribution in [0.2, 0.25) is 0 Å². The summed E-state index contributed by atoms with van der Waals surface area (Å²) in [5, 5.41) is 14.6. The van der Waals surface area contributed by atoms with Gasteiger partial charge in [-0.3, -0.25) is 14.9 Å². The molecule has 1 heterocycles. The Kier molecular flexibility index (Phi) is 7.02. The molecule has 0 saturated heterocycles. The summed E-state index contributed by atoms with van der Waals surface area (Å²) >= 11 is 1.43. The summed E-state index contributed by atoms with van der Waals surface area (Å²) in [5.41, 5.74) is 1.73. The Bertz CT molecular complexity index is 1020. The van der Waals surface area contributed by atoms with Crippen molar-refractivity contribution < 1.29 is 19.0 Å². The SMILES string of the molecule is COc1cccc(-c2noc(CN(C)C(=O)CSCc3ccc([N+](=O)[O-])cc3)n2)c1. The molecular weight excluding hydrogens is 408 g/mol. The zero-order chi connectivity index (χ0) is 21.5. The van der Waals surface area contributed by atoms with Crippen LogP contribution in [0.15, 0.2) is 53.1 Å². The molecule has 0 fully saturated rings. The van der Waals surface area contributed by atoms with Crippen molar-refractivity contribution in [3.05, 3.63) is 70.1 Å². The molecule has 1 amide bonds. The van der Waals surface area contributed by atoms with Crippen molar-refractivity contribution in [3.63, 3.8) is 0 Å². The van der Waals surface area contributed by atoms with Crippen molar-refractivity contribution in [2.75, 3.05) is 19.9 Å². The third-order valence-electron chi connectivity index (χ3n) is 4.24. The van der Waals surface area contributed by atoms with E-state index in [2.05, 4.69) is 10.1 Å². The van der Waals surface area contributed by atoms with Crippen molar-refractivity contribution >= 4 is 23.4 Å². The van der Waals surface area contributed by atoms with Crippen molar-refractivity contribution in [2.24, 2.45) is 0 Å². The van der Waals surface area contributed by atoms with Crippen LogP contribution in [-0.2, 0) is 17.1 Å². The number of amides is 1. The number of thioether (sulfide) groups is 1. The van der Waals surface area contributed by atoms with Crippen LogP contribution < -0.4 is 4.74 Å². The summed E-state index contributed by atoms with van der Waals surface area (Å²) < 4.78 is 10.5. The summed E-state index contributed by atoms with van der Waals surface area (Å²) in [5.74, 6) is 2.23. The second-order valence-electron chi connectivity index (χ2n) is 6.41. The number of hydrogen-bond acceptors (Lipinski definition) is 8. The van der Waals surface area contributed by atoms with Gasteiger partial charge in [0.2, 0.25) is 17.6 Å². The van der Waals surface area contributed by atoms with Crippen LogP contribution in [0.3, 0.4) is 0 Å². The van der Waals surface area contributed by atoms with Gasteiger partial charge in [0, 0.05) is 30.5 Å². The van der Waals surface area contributed by atoms with E-state index >= 15 is 0 Å². The predicted molar refractivity (Wildman–Crippen MR) is 112 cm³/mol. The number of benzene rings is 2. The molecule has 3 rings (SSSR count). The minimum Gasteiger partial charge on any atom is -0.497 e. The van der Waals surface area contributed by atoms with Gasteiger partial charge >= 0.3 is 0 Å². The van der Waals surface area contributed by atoms with Gasteiger partial charge in [0.1, 0.15) is 5.75 Å². The summed E-state index contributed by atoms with van der Waals surface area (Å²) in [6.45, 7) is 0.202. The predicted octanol–water partition coefficient (Wildman–Crippen LogP) is 3.55. The minimum absolute atomic E-state index is 0.0485. The molecule has 30 heavy (non-hydrogen) atoms. The Morgan fingerprint density at radius 1 is 1.27 bits per heavy atom. The van der Waals surface area contributed by atoms with Crippen molar-refractivity contribution in [2.45, 2.75) is 12.3 Å². The number of nitro groups is 1. The number of carbonyl (C=O) groups is 1. The number of methoxy groups -OCH3 is 1. The number of non-ortho nitro benzene ring substituents is 1. The number of rotatable bonds is 9. The summed E-state index contributed by atoms with van der Waals surface area (Å²) in [4.78, 5) is 28.5. The monoisotopic (exact) mass is 428 g/mol. The number of hydrogen-bond donors (Lipinski definition) is 0. The minimum atomic E-state index is -0.438. The normalized spacial score (nSPS) is 10.6. The van der Waals surface area contributed by atoms with E-state index in [0.717, 1.165) is 11.1 Å². The van der Waals surface area contributed by atoms with Crippen LogP contribution >= 0.6 is 11.8 Å². The molecule has 0 aliphatic carbocycles. The molecule has 0 radical (unpaired) electrons. The number of carbonyl (C=O) groups excluding carboxylic acids is 1. The van der Waals surface area contributed by atoms with E-state index in [0.29, 0.717) is 23.2 Å². The lowest BCUT2D eigenvalue weighted by Crippen LogP contribution is -2.28. The zero-order valence-electron chi connectivity index (χ0n) is 16.5. The second kappa shape index (κ2) is 9.88. The van der Waals surface area contributed by atoms with E-state index in [9.17, 15) is 14.9 Å². The highest BCUT2D eigenvalue weighted by Gasteiger charge is 2.15. The third kappa shape index (κ3) is 5.57. The highest BCUT2D eigenvalue weighted by Crippen LogP contribution is 2.22. The van der Waals surface area contributed by atoms with E-state index in [1.54, 1.807) is 32.4 Å². The van der Waals surface area contributed by atoms with E-state index in [1.807, 2.05) is 18.2 Å². The van der Waals surface area contributed by atoms with E-state index in [1.165, 1.54) is 28.8 Å². The first-order valence-electron chi connectivity index (χ1n) is 8.98. The number of nitro benzene ring substituents is 1. The van der Waals surface area contributed by atoms with Crippen LogP contribution in [0.5, 0.6) is 5.75 Å². The lowest BCUT2D eigenvalue weighted by atomic mass is 10.2. The lowest BCUT2D eigenvalue weighted by Gasteiger charge is -2.14. The average molecular weight is 428 g/mol. The Balaban J connectivity index is 1.49. The molecule has 1 aromatic heterocycles. The van der Waals surface area contributed by atoms with E-state index in [4.69, 9.17) is 9.26 Å². The molecule has 0 saturated carbocycles. The number of aromatic nitrogens is 2. The van der Waals surface area contributed by atoms with E-state index in [-0.39, 0.29) is 23.9 Å². The Hall–Kier alpha value is -3.40. The molecule has 2 aromatic carbocycles. The standard InChI is InChI=1S/C20H20N4O5S/c1-23(19(25)13-30-12-14-6-8-16(9-7-14)24(26)27)11-18-21-20(22-29-18)15-4-3-5-17(10-15)28-2/h3-10H,11-13H2,1-2H3. The molecule has 0 aliphatic rings. The van der Waals surface area contributed by atoms with Crippen LogP contribution in [0, 0.1) is 10.1 Å². The van der Waals surface area contributed by atoms with Crippen LogP contribution in [0.25, 0.3) is 11.4 Å². The zero-order valence-corrected chi connectivity index (χ0v) is 17.3. The highest BCUT2D eigenvalue weighted by atomic mass is 32.2. The molecule has 10 heteroatoms. The molecule has 9 nitrogen and oxygen atoms in total. The quantitative estimate of drug-likeness (QED) is 0.376. The van der Waals surface area contributed by atoms with Gasteiger partial charge in [-0.2, -0.15) is 4.98 Å². The Morgan fingerprint density at radius 3 is 2.73 bits per heavy atom. The largest absolute Gasteiger partial charge is 0.497 e. The first-order valence-corrected chi connectivity index (χ1v) is 10.1. The molecular formula is C20H20N4O5S. The molecule has 0 bridgehead atoms. The maximum Gasteiger partial charge on any atom is 0.269 e. The van der Waals surface area contributed by atoms with Gasteiger partial charge in [-0.05, 0) is 17.7 Å². The maximum atomic E-state index is 12.4. The number of nitrogens with zero attached hydrogens (tertiary/aromatic N) is 4. The molecule has 0 unspecified atom stereocenters. The highest BCUT2D eigenvalue weighted by molar-refractivity contribution is 7.99. The first kappa shape index (κ1) is 21.3. The molecule has 3 aromatic rings. The topological polar surface area (TPSA) is 112 Å². The van der Waals surface area contributed by atoms with Gasteiger partial charge in [-0.25, -0.2) is 0 Å². The summed E-state index contributed by atoms with van der Waals surface area (Å²) in [7, 11) is 3.26. The first-order chi connectivity index (χ1) is 14.5. The van der Waals surface area contributed by atoms with Crippen LogP contribution in [0.1, 0.15) is 11.5 Å². The van der Waals surface area contributed by atoms with Gasteiger partial charge in [-0.15, -0.1) is 11.8 Å². The summed E-state index contributed by atoms with van der Waals surface area (Å²) in [6.07, 6.45) is 0. The van der Waals surface area contributed by atoms with Crippen molar-refractivity contribution in [1.29, 1.82) is 0 Å². The maximum absolute atomic E-state index is 12.4. The molecule has 0 N–H and O–H groups in total. The third-order valence-corrected chi connectivity index (χ3v) is 5.22. The number of ether oxygens (including phenoxy) is 1. The van der Waals surface area contributed by atoms with Gasteiger partial charge in [0.15, 0.2) is 0 Å². The average Bonchev–Trinajstić information content (AvgIpc) is 3.22. The van der Waals surface area contributed by atoms with Crippen molar-refractivity contribution in [3.8, 4) is 17.1 Å². The van der Waals surface area contributed by atoms with Crippen LogP contribution in [0.4, 0.5) is 5.69 Å². The smallest absolute Gasteiger partial charge is 0.269 e. The van der Waals surface area contributed by atoms with Gasteiger partial charge in [0.05, 0.1) is 24.3 Å². The fraction of sp³-hybridized carbons (Fsp3) is 0.250. The van der Waals surface area contributed by atoms with Crippen LogP contribution in [-0.4, -0.2) is 45.8 Å². The Labute approximate surface area is 177 Å². The van der Waals surface area contributed by atoms with Gasteiger partial charge in [-0.1, -0.05) is 29.4 Å². The fourth-order valence-corrected chi connectivity index (χ4v) is 3.50. The summed E-state index contributed by atoms with van der Waals surface area (Å²) in [6, 6.07) is 13.6. The molecule has 156 valence electrons. The van der Waals surface area contributed by atoms with Crippen molar-refractivity contribution in [1.82, 2.24) is 15.0 Å².